The normalized spacial score (nSPS) is 18.3. The first-order valence-electron chi connectivity index (χ1n) is 7.55. The zero-order valence-corrected chi connectivity index (χ0v) is 14.5. The number of primary amides is 1. The van der Waals surface area contributed by atoms with Gasteiger partial charge in [0.05, 0.1) is 25.5 Å². The molecule has 10 heteroatoms. The molecule has 2 heterocycles. The topological polar surface area (TPSA) is 131 Å². The van der Waals surface area contributed by atoms with E-state index in [-0.39, 0.29) is 23.8 Å². The van der Waals surface area contributed by atoms with Crippen LogP contribution < -0.4 is 10.6 Å². The van der Waals surface area contributed by atoms with Gasteiger partial charge >= 0.3 is 5.97 Å². The van der Waals surface area contributed by atoms with Crippen LogP contribution in [0.1, 0.15) is 16.9 Å². The second kappa shape index (κ2) is 7.40. The average molecular weight is 373 g/mol. The number of nitrogens with one attached hydrogen (secondary N) is 1. The fraction of sp³-hybridized carbons (Fsp3) is 0.188. The molecular formula is C16H15N5O4S. The van der Waals surface area contributed by atoms with Gasteiger partial charge in [-0.2, -0.15) is 0 Å². The number of thioether (sulfide) groups is 1. The third kappa shape index (κ3) is 3.45. The van der Waals surface area contributed by atoms with E-state index in [0.29, 0.717) is 10.9 Å². The summed E-state index contributed by atoms with van der Waals surface area (Å²) in [5.41, 5.74) is 5.92. The molecule has 134 valence electrons. The van der Waals surface area contributed by atoms with E-state index in [1.165, 1.54) is 18.3 Å². The van der Waals surface area contributed by atoms with Crippen molar-refractivity contribution in [2.24, 2.45) is 10.7 Å². The van der Waals surface area contributed by atoms with Crippen LogP contribution in [0.3, 0.4) is 0 Å². The summed E-state index contributed by atoms with van der Waals surface area (Å²) in [5, 5.41) is -0.387. The molecule has 3 rings (SSSR count). The molecular weight excluding hydrogens is 358 g/mol. The number of carbonyl (C=O) groups excluding carboxylic acids is 3. The van der Waals surface area contributed by atoms with Crippen molar-refractivity contribution in [3.63, 3.8) is 0 Å². The molecule has 0 radical (unpaired) electrons. The Hall–Kier alpha value is -3.14. The van der Waals surface area contributed by atoms with Gasteiger partial charge in [-0.05, 0) is 12.1 Å². The maximum absolute atomic E-state index is 12.8. The number of anilines is 1. The van der Waals surface area contributed by atoms with Crippen LogP contribution in [0.15, 0.2) is 41.7 Å². The second-order valence-electron chi connectivity index (χ2n) is 5.26. The molecule has 3 N–H and O–H groups in total. The van der Waals surface area contributed by atoms with Crippen LogP contribution in [0.4, 0.5) is 11.5 Å². The highest BCUT2D eigenvalue weighted by Crippen LogP contribution is 2.35. The number of hydrogen-bond donors (Lipinski definition) is 2. The standard InChI is InChI=1S/C16H15N5O4S/c1-25-11(22)7-10-15(24)21(9-5-3-2-4-6-9)16(26-10)20-14-12(13(17)23)18-8-19-14/h2-6,8,10H,7H2,1H3,(H2,17,23)(H,18,19)/b20-16-. The van der Waals surface area contributed by atoms with Crippen LogP contribution in [-0.2, 0) is 14.3 Å². The number of methoxy groups -OCH3 is 1. The monoisotopic (exact) mass is 373 g/mol. The number of rotatable bonds is 5. The van der Waals surface area contributed by atoms with E-state index in [2.05, 4.69) is 19.7 Å². The number of amides is 2. The minimum atomic E-state index is -0.714. The van der Waals surface area contributed by atoms with E-state index in [1.54, 1.807) is 24.3 Å². The molecule has 1 fully saturated rings. The number of imidazole rings is 1. The maximum Gasteiger partial charge on any atom is 0.307 e. The Morgan fingerprint density at radius 1 is 1.38 bits per heavy atom. The Morgan fingerprint density at radius 3 is 2.77 bits per heavy atom. The predicted octanol–water partition coefficient (Wildman–Crippen LogP) is 1.21. The van der Waals surface area contributed by atoms with Crippen LogP contribution in [0.5, 0.6) is 0 Å². The van der Waals surface area contributed by atoms with Crippen molar-refractivity contribution in [3.05, 3.63) is 42.4 Å². The van der Waals surface area contributed by atoms with Crippen LogP contribution in [0.2, 0.25) is 0 Å². The fourth-order valence-corrected chi connectivity index (χ4v) is 3.49. The van der Waals surface area contributed by atoms with E-state index in [4.69, 9.17) is 5.73 Å². The van der Waals surface area contributed by atoms with Crippen molar-refractivity contribution in [2.75, 3.05) is 12.0 Å². The molecule has 0 aliphatic carbocycles. The highest BCUT2D eigenvalue weighted by Gasteiger charge is 2.40. The van der Waals surface area contributed by atoms with Gasteiger partial charge in [0.25, 0.3) is 5.91 Å². The first kappa shape index (κ1) is 17.7. The molecule has 1 aliphatic rings. The largest absolute Gasteiger partial charge is 0.469 e. The van der Waals surface area contributed by atoms with Crippen molar-refractivity contribution < 1.29 is 19.1 Å². The van der Waals surface area contributed by atoms with Gasteiger partial charge < -0.3 is 15.5 Å². The lowest BCUT2D eigenvalue weighted by molar-refractivity contribution is -0.141. The van der Waals surface area contributed by atoms with Gasteiger partial charge in [0, 0.05) is 0 Å². The van der Waals surface area contributed by atoms with Gasteiger partial charge in [-0.1, -0.05) is 30.0 Å². The fourth-order valence-electron chi connectivity index (χ4n) is 2.37. The van der Waals surface area contributed by atoms with Crippen molar-refractivity contribution in [1.82, 2.24) is 9.97 Å². The Kier molecular flexibility index (Phi) is 5.03. The first-order chi connectivity index (χ1) is 12.5. The van der Waals surface area contributed by atoms with Gasteiger partial charge in [0.15, 0.2) is 16.7 Å². The summed E-state index contributed by atoms with van der Waals surface area (Å²) in [4.78, 5) is 48.2. The molecule has 2 amide bonds. The quantitative estimate of drug-likeness (QED) is 0.758. The minimum Gasteiger partial charge on any atom is -0.469 e. The zero-order valence-electron chi connectivity index (χ0n) is 13.7. The number of para-hydroxylation sites is 1. The van der Waals surface area contributed by atoms with Gasteiger partial charge in [0.2, 0.25) is 5.91 Å². The van der Waals surface area contributed by atoms with Gasteiger partial charge in [-0.25, -0.2) is 9.98 Å². The average Bonchev–Trinajstić information content (AvgIpc) is 3.21. The molecule has 1 aliphatic heterocycles. The summed E-state index contributed by atoms with van der Waals surface area (Å²) >= 11 is 1.10. The number of aromatic nitrogens is 2. The summed E-state index contributed by atoms with van der Waals surface area (Å²) in [6, 6.07) is 8.87. The third-order valence-corrected chi connectivity index (χ3v) is 4.73. The van der Waals surface area contributed by atoms with Crippen molar-refractivity contribution in [3.8, 4) is 0 Å². The summed E-state index contributed by atoms with van der Waals surface area (Å²) < 4.78 is 4.65. The highest BCUT2D eigenvalue weighted by atomic mass is 32.2. The van der Waals surface area contributed by atoms with E-state index in [1.807, 2.05) is 6.07 Å². The molecule has 1 aromatic heterocycles. The maximum atomic E-state index is 12.8. The first-order valence-corrected chi connectivity index (χ1v) is 8.43. The number of carbonyl (C=O) groups is 3. The summed E-state index contributed by atoms with van der Waals surface area (Å²) in [7, 11) is 1.26. The van der Waals surface area contributed by atoms with Crippen molar-refractivity contribution >= 4 is 46.2 Å². The molecule has 1 unspecified atom stereocenters. The number of ether oxygens (including phenoxy) is 1. The van der Waals surface area contributed by atoms with Crippen LogP contribution >= 0.6 is 11.8 Å². The lowest BCUT2D eigenvalue weighted by atomic mass is 10.2. The number of benzene rings is 1. The molecule has 26 heavy (non-hydrogen) atoms. The minimum absolute atomic E-state index is 0.0370. The number of aromatic amines is 1. The Balaban J connectivity index is 2.01. The SMILES string of the molecule is COC(=O)CC1S/C(=N\c2nc[nH]c2C(N)=O)N(c2ccccc2)C1=O. The molecule has 1 saturated heterocycles. The number of amidine groups is 1. The van der Waals surface area contributed by atoms with Gasteiger partial charge in [0.1, 0.15) is 5.25 Å². The number of aliphatic imine (C=N–C) groups is 1. The van der Waals surface area contributed by atoms with E-state index >= 15 is 0 Å². The van der Waals surface area contributed by atoms with Crippen LogP contribution in [0, 0.1) is 0 Å². The Bertz CT molecular complexity index is 880. The van der Waals surface area contributed by atoms with Gasteiger partial charge in [-0.15, -0.1) is 0 Å². The Labute approximate surface area is 152 Å². The molecule has 0 bridgehead atoms. The lowest BCUT2D eigenvalue weighted by Gasteiger charge is -2.16. The van der Waals surface area contributed by atoms with Crippen LogP contribution in [-0.4, -0.2) is 45.3 Å². The summed E-state index contributed by atoms with van der Waals surface area (Å²) in [6.45, 7) is 0. The highest BCUT2D eigenvalue weighted by molar-refractivity contribution is 8.16. The predicted molar refractivity (Wildman–Crippen MR) is 96.1 cm³/mol. The number of esters is 1. The molecule has 9 nitrogen and oxygen atoms in total. The number of H-pyrrole nitrogens is 1. The zero-order chi connectivity index (χ0) is 18.7. The summed E-state index contributed by atoms with van der Waals surface area (Å²) in [6.07, 6.45) is 1.20. The molecule has 2 aromatic rings. The smallest absolute Gasteiger partial charge is 0.307 e. The molecule has 1 atom stereocenters. The van der Waals surface area contributed by atoms with E-state index in [9.17, 15) is 14.4 Å². The van der Waals surface area contributed by atoms with E-state index < -0.39 is 17.1 Å². The third-order valence-electron chi connectivity index (χ3n) is 3.60. The molecule has 0 saturated carbocycles. The molecule has 1 aromatic carbocycles. The second-order valence-corrected chi connectivity index (χ2v) is 6.43. The van der Waals surface area contributed by atoms with Crippen molar-refractivity contribution in [2.45, 2.75) is 11.7 Å². The number of nitrogens with zero attached hydrogens (tertiary/aromatic N) is 3. The van der Waals surface area contributed by atoms with Crippen LogP contribution in [0.25, 0.3) is 0 Å². The molecule has 0 spiro atoms. The van der Waals surface area contributed by atoms with Crippen molar-refractivity contribution in [1.29, 1.82) is 0 Å². The Morgan fingerprint density at radius 2 is 2.12 bits per heavy atom. The number of nitrogens with two attached hydrogens (primary N) is 1. The van der Waals surface area contributed by atoms with Gasteiger partial charge in [-0.3, -0.25) is 19.3 Å². The number of hydrogen-bond acceptors (Lipinski definition) is 7. The lowest BCUT2D eigenvalue weighted by Crippen LogP contribution is -2.32. The summed E-state index contributed by atoms with van der Waals surface area (Å²) in [5.74, 6) is -1.44. The van der Waals surface area contributed by atoms with E-state index in [0.717, 1.165) is 11.8 Å².